The second-order valence-electron chi connectivity index (χ2n) is 4.19. The third kappa shape index (κ3) is 3.52. The molecule has 3 N–H and O–H groups in total. The molecule has 114 valence electrons. The molecule has 0 aliphatic rings. The summed E-state index contributed by atoms with van der Waals surface area (Å²) in [6.07, 6.45) is 0.137. The van der Waals surface area contributed by atoms with Crippen molar-refractivity contribution in [1.82, 2.24) is 14.9 Å². The van der Waals surface area contributed by atoms with E-state index in [0.29, 0.717) is 11.9 Å². The van der Waals surface area contributed by atoms with Crippen LogP contribution in [-0.2, 0) is 16.4 Å². The highest BCUT2D eigenvalue weighted by molar-refractivity contribution is 7.89. The van der Waals surface area contributed by atoms with E-state index in [1.807, 2.05) is 0 Å². The fourth-order valence-electron chi connectivity index (χ4n) is 1.56. The summed E-state index contributed by atoms with van der Waals surface area (Å²) in [7, 11) is -4.16. The Kier molecular flexibility index (Phi) is 4.19. The molecule has 0 amide bonds. The van der Waals surface area contributed by atoms with Gasteiger partial charge in [-0.2, -0.15) is 4.98 Å². The van der Waals surface area contributed by atoms with Crippen LogP contribution in [0.3, 0.4) is 0 Å². The molecule has 0 aliphatic heterocycles. The average Bonchev–Trinajstić information content (AvgIpc) is 2.79. The summed E-state index contributed by atoms with van der Waals surface area (Å²) in [5.74, 6) is -1.57. The van der Waals surface area contributed by atoms with Crippen molar-refractivity contribution in [3.05, 3.63) is 35.5 Å². The molecule has 0 atom stereocenters. The summed E-state index contributed by atoms with van der Waals surface area (Å²) in [6.45, 7) is 1.54. The molecule has 0 saturated carbocycles. The van der Waals surface area contributed by atoms with Gasteiger partial charge in [-0.05, 0) is 13.0 Å². The molecular formula is C11H12F2N4O3S. The molecular weight excluding hydrogens is 306 g/mol. The van der Waals surface area contributed by atoms with E-state index in [0.717, 1.165) is 6.07 Å². The fraction of sp³-hybridized carbons (Fsp3) is 0.273. The number of nitrogens with one attached hydrogen (secondary N) is 1. The lowest BCUT2D eigenvalue weighted by Crippen LogP contribution is -2.27. The third-order valence-electron chi connectivity index (χ3n) is 2.54. The predicted octanol–water partition coefficient (Wildman–Crippen LogP) is 0.759. The first-order chi connectivity index (χ1) is 9.79. The van der Waals surface area contributed by atoms with E-state index in [4.69, 9.17) is 10.3 Å². The first-order valence-electron chi connectivity index (χ1n) is 5.83. The van der Waals surface area contributed by atoms with Gasteiger partial charge in [0.15, 0.2) is 5.82 Å². The number of halogens is 2. The average molecular weight is 318 g/mol. The van der Waals surface area contributed by atoms with Gasteiger partial charge >= 0.3 is 0 Å². The van der Waals surface area contributed by atoms with E-state index < -0.39 is 32.2 Å². The molecule has 7 nitrogen and oxygen atoms in total. The zero-order chi connectivity index (χ0) is 15.6. The van der Waals surface area contributed by atoms with Crippen LogP contribution in [0.15, 0.2) is 21.6 Å². The van der Waals surface area contributed by atoms with Gasteiger partial charge in [-0.1, -0.05) is 5.16 Å². The van der Waals surface area contributed by atoms with E-state index >= 15 is 0 Å². The quantitative estimate of drug-likeness (QED) is 0.787. The van der Waals surface area contributed by atoms with Gasteiger partial charge in [0.05, 0.1) is 5.69 Å². The maximum Gasteiger partial charge on any atom is 0.243 e. The van der Waals surface area contributed by atoms with Crippen LogP contribution in [0.1, 0.15) is 11.7 Å². The zero-order valence-electron chi connectivity index (χ0n) is 10.9. The second-order valence-corrected chi connectivity index (χ2v) is 5.92. The number of nitrogen functional groups attached to an aromatic ring is 1. The second kappa shape index (κ2) is 5.74. The third-order valence-corrected chi connectivity index (χ3v) is 4.02. The Morgan fingerprint density at radius 2 is 2.05 bits per heavy atom. The molecule has 0 bridgehead atoms. The van der Waals surface area contributed by atoms with Crippen molar-refractivity contribution in [1.29, 1.82) is 0 Å². The number of hydrogen-bond donors (Lipinski definition) is 2. The van der Waals surface area contributed by atoms with Gasteiger partial charge < -0.3 is 10.3 Å². The van der Waals surface area contributed by atoms with Crippen molar-refractivity contribution in [2.45, 2.75) is 18.2 Å². The van der Waals surface area contributed by atoms with Gasteiger partial charge in [0.2, 0.25) is 15.9 Å². The largest absolute Gasteiger partial charge is 0.396 e. The van der Waals surface area contributed by atoms with Gasteiger partial charge in [0, 0.05) is 19.0 Å². The Bertz CT molecular complexity index is 761. The highest BCUT2D eigenvalue weighted by atomic mass is 32.2. The highest BCUT2D eigenvalue weighted by Crippen LogP contribution is 2.20. The van der Waals surface area contributed by atoms with Crippen LogP contribution in [0.25, 0.3) is 0 Å². The van der Waals surface area contributed by atoms with Crippen LogP contribution in [-0.4, -0.2) is 25.1 Å². The molecule has 1 aromatic heterocycles. The van der Waals surface area contributed by atoms with Crippen LogP contribution in [0, 0.1) is 18.6 Å². The normalized spacial score (nSPS) is 11.8. The Morgan fingerprint density at radius 1 is 1.33 bits per heavy atom. The van der Waals surface area contributed by atoms with Crippen molar-refractivity contribution < 1.29 is 21.7 Å². The first-order valence-corrected chi connectivity index (χ1v) is 7.31. The number of rotatable bonds is 5. The van der Waals surface area contributed by atoms with Gasteiger partial charge in [0.1, 0.15) is 16.5 Å². The highest BCUT2D eigenvalue weighted by Gasteiger charge is 2.21. The number of aryl methyl sites for hydroxylation is 1. The molecule has 1 heterocycles. The minimum Gasteiger partial charge on any atom is -0.396 e. The van der Waals surface area contributed by atoms with Crippen molar-refractivity contribution in [2.75, 3.05) is 12.3 Å². The van der Waals surface area contributed by atoms with Crippen molar-refractivity contribution >= 4 is 15.7 Å². The molecule has 0 unspecified atom stereocenters. The molecule has 1 aromatic carbocycles. The fourth-order valence-corrected chi connectivity index (χ4v) is 2.69. The molecule has 0 aliphatic carbocycles. The maximum absolute atomic E-state index is 13.5. The number of nitrogens with two attached hydrogens (primary N) is 1. The Hall–Kier alpha value is -2.07. The minimum atomic E-state index is -4.16. The maximum atomic E-state index is 13.5. The van der Waals surface area contributed by atoms with Crippen molar-refractivity contribution in [2.24, 2.45) is 0 Å². The van der Waals surface area contributed by atoms with Crippen molar-refractivity contribution in [3.8, 4) is 0 Å². The summed E-state index contributed by atoms with van der Waals surface area (Å²) in [4.78, 5) is 3.17. The van der Waals surface area contributed by atoms with Gasteiger partial charge in [-0.3, -0.25) is 0 Å². The van der Waals surface area contributed by atoms with Gasteiger partial charge in [-0.25, -0.2) is 21.9 Å². The monoisotopic (exact) mass is 318 g/mol. The molecule has 0 radical (unpaired) electrons. The van der Waals surface area contributed by atoms with Crippen LogP contribution in [0.2, 0.25) is 0 Å². The zero-order valence-corrected chi connectivity index (χ0v) is 11.7. The smallest absolute Gasteiger partial charge is 0.243 e. The molecule has 0 fully saturated rings. The van der Waals surface area contributed by atoms with Crippen LogP contribution in [0.5, 0.6) is 0 Å². The number of anilines is 1. The number of sulfonamides is 1. The predicted molar refractivity (Wildman–Crippen MR) is 68.7 cm³/mol. The van der Waals surface area contributed by atoms with Gasteiger partial charge in [0.25, 0.3) is 0 Å². The van der Waals surface area contributed by atoms with Gasteiger partial charge in [-0.15, -0.1) is 0 Å². The minimum absolute atomic E-state index is 0.0827. The van der Waals surface area contributed by atoms with Crippen LogP contribution >= 0.6 is 0 Å². The number of aromatic nitrogens is 2. The molecule has 0 spiro atoms. The molecule has 21 heavy (non-hydrogen) atoms. The van der Waals surface area contributed by atoms with E-state index in [9.17, 15) is 17.2 Å². The summed E-state index contributed by atoms with van der Waals surface area (Å²) in [5.41, 5.74) is 4.79. The van der Waals surface area contributed by atoms with Crippen molar-refractivity contribution in [3.63, 3.8) is 0 Å². The summed E-state index contributed by atoms with van der Waals surface area (Å²) in [6, 6.07) is 1.15. The molecule has 2 rings (SSSR count). The number of benzene rings is 1. The molecule has 2 aromatic rings. The summed E-state index contributed by atoms with van der Waals surface area (Å²) >= 11 is 0. The topological polar surface area (TPSA) is 111 Å². The Morgan fingerprint density at radius 3 is 2.67 bits per heavy atom. The lowest BCUT2D eigenvalue weighted by atomic mass is 10.3. The SMILES string of the molecule is Cc1noc(CCNS(=O)(=O)c2cc(N)c(F)cc2F)n1. The first kappa shape index (κ1) is 15.3. The lowest BCUT2D eigenvalue weighted by molar-refractivity contribution is 0.375. The standard InChI is InChI=1S/C11H12F2N4O3S/c1-6-16-11(20-17-6)2-3-15-21(18,19)10-5-9(14)7(12)4-8(10)13/h4-5,15H,2-3,14H2,1H3. The number of nitrogens with zero attached hydrogens (tertiary/aromatic N) is 2. The summed E-state index contributed by atoms with van der Waals surface area (Å²) in [5, 5.41) is 3.54. The van der Waals surface area contributed by atoms with E-state index in [1.54, 1.807) is 6.92 Å². The lowest BCUT2D eigenvalue weighted by Gasteiger charge is -2.08. The van der Waals surface area contributed by atoms with E-state index in [2.05, 4.69) is 14.9 Å². The molecule has 0 saturated heterocycles. The summed E-state index contributed by atoms with van der Waals surface area (Å²) < 4.78 is 57.3. The number of hydrogen-bond acceptors (Lipinski definition) is 6. The van der Waals surface area contributed by atoms with E-state index in [1.165, 1.54) is 0 Å². The van der Waals surface area contributed by atoms with E-state index in [-0.39, 0.29) is 18.9 Å². The Labute approximate surface area is 119 Å². The Balaban J connectivity index is 2.10. The van der Waals surface area contributed by atoms with Crippen LogP contribution in [0.4, 0.5) is 14.5 Å². The van der Waals surface area contributed by atoms with Crippen LogP contribution < -0.4 is 10.5 Å². The molecule has 10 heteroatoms.